The Balaban J connectivity index is 1.37. The van der Waals surface area contributed by atoms with Gasteiger partial charge in [0.15, 0.2) is 5.82 Å². The molecule has 1 aliphatic heterocycles. The number of nitro groups is 1. The van der Waals surface area contributed by atoms with Crippen LogP contribution in [0.25, 0.3) is 10.9 Å². The average Bonchev–Trinajstić information content (AvgIpc) is 3.65. The lowest BCUT2D eigenvalue weighted by Crippen LogP contribution is -2.49. The third kappa shape index (κ3) is 4.73. The van der Waals surface area contributed by atoms with Crippen molar-refractivity contribution in [3.8, 4) is 0 Å². The van der Waals surface area contributed by atoms with E-state index in [0.29, 0.717) is 49.9 Å². The zero-order valence-corrected chi connectivity index (χ0v) is 22.1. The van der Waals surface area contributed by atoms with Gasteiger partial charge in [0.25, 0.3) is 11.2 Å². The number of tetrazole rings is 1. The van der Waals surface area contributed by atoms with Crippen LogP contribution in [0.4, 0.5) is 11.4 Å². The molecule has 1 aliphatic rings. The normalized spacial score (nSPS) is 15.0. The third-order valence-electron chi connectivity index (χ3n) is 7.56. The molecule has 40 heavy (non-hydrogen) atoms. The van der Waals surface area contributed by atoms with E-state index in [1.165, 1.54) is 12.1 Å². The van der Waals surface area contributed by atoms with Crippen molar-refractivity contribution in [2.24, 2.45) is 0 Å². The molecule has 0 radical (unpaired) electrons. The van der Waals surface area contributed by atoms with Gasteiger partial charge in [-0.15, -0.1) is 5.10 Å². The van der Waals surface area contributed by atoms with Gasteiger partial charge in [0.05, 0.1) is 16.7 Å². The minimum atomic E-state index is -0.503. The highest BCUT2D eigenvalue weighted by molar-refractivity contribution is 5.85. The van der Waals surface area contributed by atoms with Gasteiger partial charge in [0.1, 0.15) is 18.3 Å². The topological polar surface area (TPSA) is 139 Å². The van der Waals surface area contributed by atoms with Crippen LogP contribution in [0.5, 0.6) is 0 Å². The fourth-order valence-electron chi connectivity index (χ4n) is 5.39. The van der Waals surface area contributed by atoms with E-state index in [4.69, 9.17) is 4.42 Å². The number of nitro benzene ring substituents is 1. The molecule has 2 aromatic carbocycles. The molecule has 1 fully saturated rings. The van der Waals surface area contributed by atoms with E-state index in [2.05, 4.69) is 36.4 Å². The summed E-state index contributed by atoms with van der Waals surface area (Å²) >= 11 is 0. The van der Waals surface area contributed by atoms with Crippen molar-refractivity contribution in [3.63, 3.8) is 0 Å². The molecule has 12 nitrogen and oxygen atoms in total. The summed E-state index contributed by atoms with van der Waals surface area (Å²) in [6.45, 7) is 6.92. The first kappa shape index (κ1) is 25.4. The number of rotatable bonds is 7. The molecule has 0 aliphatic carbocycles. The van der Waals surface area contributed by atoms with E-state index in [0.717, 1.165) is 27.7 Å². The van der Waals surface area contributed by atoms with Crippen molar-refractivity contribution in [1.82, 2.24) is 30.1 Å². The van der Waals surface area contributed by atoms with Gasteiger partial charge in [-0.25, -0.2) is 4.68 Å². The van der Waals surface area contributed by atoms with Crippen LogP contribution in [0.2, 0.25) is 0 Å². The molecular weight excluding hydrogens is 512 g/mol. The Morgan fingerprint density at radius 2 is 1.80 bits per heavy atom. The SMILES string of the molecule is Cc1ccc(C)c2[nH]c(=O)c([C@H](c3nnnn3Cc3ccco3)N3CCN(c4ccc([N+](=O)[O-])cc4)CC3)cc12. The Labute approximate surface area is 229 Å². The molecule has 4 heterocycles. The summed E-state index contributed by atoms with van der Waals surface area (Å²) < 4.78 is 7.22. The predicted octanol–water partition coefficient (Wildman–Crippen LogP) is 3.59. The first-order valence-electron chi connectivity index (χ1n) is 13.0. The molecule has 6 rings (SSSR count). The average molecular weight is 541 g/mol. The molecule has 12 heteroatoms. The summed E-state index contributed by atoms with van der Waals surface area (Å²) in [5.41, 5.74) is 4.25. The van der Waals surface area contributed by atoms with Crippen molar-refractivity contribution in [2.75, 3.05) is 31.1 Å². The Morgan fingerprint density at radius 3 is 2.50 bits per heavy atom. The maximum Gasteiger partial charge on any atom is 0.269 e. The zero-order valence-electron chi connectivity index (χ0n) is 22.1. The van der Waals surface area contributed by atoms with Crippen molar-refractivity contribution < 1.29 is 9.34 Å². The molecule has 0 spiro atoms. The first-order chi connectivity index (χ1) is 19.4. The third-order valence-corrected chi connectivity index (χ3v) is 7.56. The minimum Gasteiger partial charge on any atom is -0.467 e. The molecule has 1 atom stereocenters. The molecular formula is C28H28N8O4. The summed E-state index contributed by atoms with van der Waals surface area (Å²) in [6.07, 6.45) is 1.60. The highest BCUT2D eigenvalue weighted by Gasteiger charge is 2.33. The van der Waals surface area contributed by atoms with E-state index in [9.17, 15) is 14.9 Å². The smallest absolute Gasteiger partial charge is 0.269 e. The van der Waals surface area contributed by atoms with Gasteiger partial charge in [-0.05, 0) is 65.7 Å². The molecule has 0 unspecified atom stereocenters. The van der Waals surface area contributed by atoms with E-state index in [1.807, 2.05) is 38.1 Å². The summed E-state index contributed by atoms with van der Waals surface area (Å²) in [4.78, 5) is 31.8. The number of benzene rings is 2. The van der Waals surface area contributed by atoms with Crippen LogP contribution in [0.3, 0.4) is 0 Å². The van der Waals surface area contributed by atoms with Crippen molar-refractivity contribution in [3.05, 3.63) is 110 Å². The second-order valence-corrected chi connectivity index (χ2v) is 10.0. The zero-order chi connectivity index (χ0) is 27.8. The van der Waals surface area contributed by atoms with Gasteiger partial charge < -0.3 is 14.3 Å². The predicted molar refractivity (Wildman–Crippen MR) is 148 cm³/mol. The number of hydrogen-bond acceptors (Lipinski definition) is 9. The van der Waals surface area contributed by atoms with Crippen LogP contribution in [-0.2, 0) is 6.54 Å². The lowest BCUT2D eigenvalue weighted by molar-refractivity contribution is -0.384. The largest absolute Gasteiger partial charge is 0.467 e. The Kier molecular flexibility index (Phi) is 6.60. The number of nitrogens with one attached hydrogen (secondary N) is 1. The Morgan fingerprint density at radius 1 is 1.05 bits per heavy atom. The van der Waals surface area contributed by atoms with Crippen LogP contribution in [0.1, 0.15) is 34.3 Å². The van der Waals surface area contributed by atoms with Gasteiger partial charge in [-0.2, -0.15) is 0 Å². The van der Waals surface area contributed by atoms with E-state index in [-0.39, 0.29) is 11.2 Å². The number of H-pyrrole nitrogens is 1. The van der Waals surface area contributed by atoms with Crippen LogP contribution >= 0.6 is 0 Å². The second-order valence-electron chi connectivity index (χ2n) is 10.0. The molecule has 0 bridgehead atoms. The molecule has 0 amide bonds. The number of anilines is 1. The number of fused-ring (bicyclic) bond motifs is 1. The number of aromatic nitrogens is 5. The van der Waals surface area contributed by atoms with Gasteiger partial charge in [-0.3, -0.25) is 19.8 Å². The molecule has 0 saturated carbocycles. The molecule has 1 saturated heterocycles. The van der Waals surface area contributed by atoms with Crippen LogP contribution < -0.4 is 10.5 Å². The number of aryl methyl sites for hydroxylation is 2. The summed E-state index contributed by atoms with van der Waals surface area (Å²) in [6, 6.07) is 15.8. The summed E-state index contributed by atoms with van der Waals surface area (Å²) in [7, 11) is 0. The summed E-state index contributed by atoms with van der Waals surface area (Å²) in [5.74, 6) is 1.25. The van der Waals surface area contributed by atoms with Crippen molar-refractivity contribution in [1.29, 1.82) is 0 Å². The number of nitrogens with zero attached hydrogens (tertiary/aromatic N) is 7. The maximum absolute atomic E-state index is 13.6. The molecule has 1 N–H and O–H groups in total. The monoisotopic (exact) mass is 540 g/mol. The van der Waals surface area contributed by atoms with Crippen LogP contribution in [0.15, 0.2) is 70.1 Å². The highest BCUT2D eigenvalue weighted by atomic mass is 16.6. The quantitative estimate of drug-likeness (QED) is 0.242. The number of non-ortho nitro benzene ring substituents is 1. The molecule has 204 valence electrons. The maximum atomic E-state index is 13.6. The van der Waals surface area contributed by atoms with E-state index < -0.39 is 11.0 Å². The summed E-state index contributed by atoms with van der Waals surface area (Å²) in [5, 5.41) is 24.6. The van der Waals surface area contributed by atoms with E-state index >= 15 is 0 Å². The van der Waals surface area contributed by atoms with Gasteiger partial charge in [0, 0.05) is 54.9 Å². The lowest BCUT2D eigenvalue weighted by Gasteiger charge is -2.39. The van der Waals surface area contributed by atoms with Gasteiger partial charge in [-0.1, -0.05) is 12.1 Å². The number of furan rings is 1. The Bertz CT molecular complexity index is 1720. The first-order valence-corrected chi connectivity index (χ1v) is 13.0. The Hall–Kier alpha value is -4.84. The van der Waals surface area contributed by atoms with Crippen molar-refractivity contribution >= 4 is 22.3 Å². The standard InChI is InChI=1S/C28H28N8O4/c1-18-5-6-19(2)25-23(18)16-24(28(37)29-25)26(27-30-31-32-35(27)17-22-4-3-15-40-22)34-13-11-33(12-14-34)20-7-9-21(10-8-20)36(38)39/h3-10,15-16,26H,11-14,17H2,1-2H3,(H,29,37)/t26-/m1/s1. The number of aromatic amines is 1. The number of pyridine rings is 1. The van der Waals surface area contributed by atoms with E-state index in [1.54, 1.807) is 23.1 Å². The second kappa shape index (κ2) is 10.4. The van der Waals surface area contributed by atoms with Gasteiger partial charge in [0.2, 0.25) is 0 Å². The minimum absolute atomic E-state index is 0.0619. The van der Waals surface area contributed by atoms with Gasteiger partial charge >= 0.3 is 0 Å². The number of piperazine rings is 1. The molecule has 3 aromatic heterocycles. The van der Waals surface area contributed by atoms with Crippen LogP contribution in [-0.4, -0.2) is 61.2 Å². The highest BCUT2D eigenvalue weighted by Crippen LogP contribution is 2.31. The van der Waals surface area contributed by atoms with Crippen LogP contribution in [0, 0.1) is 24.0 Å². The number of hydrogen-bond donors (Lipinski definition) is 1. The lowest BCUT2D eigenvalue weighted by atomic mass is 9.99. The molecule has 5 aromatic rings. The fraction of sp³-hybridized carbons (Fsp3) is 0.286. The van der Waals surface area contributed by atoms with Crippen molar-refractivity contribution in [2.45, 2.75) is 26.4 Å². The fourth-order valence-corrected chi connectivity index (χ4v) is 5.39.